The molecule has 0 saturated carbocycles. The normalized spacial score (nSPS) is 12.5. The third-order valence-electron chi connectivity index (χ3n) is 4.75. The van der Waals surface area contributed by atoms with Crippen LogP contribution in [0, 0.1) is 0 Å². The second-order valence-corrected chi connectivity index (χ2v) is 16.8. The standard InChI is InChI=1S/C22H40P2.2B/c1-17(2)23(18(3)4)15-19-13-11-12-14-20(19)16-24(21(5,6)7)22(8,9)10;;/h11-14,17-18H,15-16H2,1-10H3;;. The van der Waals surface area contributed by atoms with Crippen molar-refractivity contribution in [2.75, 3.05) is 0 Å². The molecule has 0 nitrogen and oxygen atoms in total. The summed E-state index contributed by atoms with van der Waals surface area (Å²) in [5.74, 6) is 0. The molecule has 0 unspecified atom stereocenters. The highest BCUT2D eigenvalue weighted by molar-refractivity contribution is 7.60. The minimum absolute atomic E-state index is 0. The Morgan fingerprint density at radius 1 is 0.692 bits per heavy atom. The summed E-state index contributed by atoms with van der Waals surface area (Å²) in [5.41, 5.74) is 4.84. The summed E-state index contributed by atoms with van der Waals surface area (Å²) in [5, 5.41) is 0.781. The van der Waals surface area contributed by atoms with Crippen LogP contribution in [0.4, 0.5) is 0 Å². The Hall–Kier alpha value is 0.210. The average molecular weight is 388 g/mol. The van der Waals surface area contributed by atoms with E-state index in [1.54, 1.807) is 11.1 Å². The first-order valence-electron chi connectivity index (χ1n) is 9.44. The van der Waals surface area contributed by atoms with E-state index in [4.69, 9.17) is 0 Å². The van der Waals surface area contributed by atoms with E-state index in [1.165, 1.54) is 12.3 Å². The third-order valence-corrected chi connectivity index (χ3v) is 12.0. The predicted octanol–water partition coefficient (Wildman–Crippen LogP) is 7.30. The van der Waals surface area contributed by atoms with Crippen LogP contribution in [0.5, 0.6) is 0 Å². The van der Waals surface area contributed by atoms with Gasteiger partial charge in [0.25, 0.3) is 0 Å². The van der Waals surface area contributed by atoms with Crippen molar-refractivity contribution >= 4 is 32.7 Å². The highest BCUT2D eigenvalue weighted by atomic mass is 31.1. The van der Waals surface area contributed by atoms with Gasteiger partial charge in [-0.2, -0.15) is 0 Å². The third kappa shape index (κ3) is 8.48. The summed E-state index contributed by atoms with van der Waals surface area (Å²) >= 11 is 0. The minimum Gasteiger partial charge on any atom is -0.0969 e. The van der Waals surface area contributed by atoms with E-state index in [9.17, 15) is 0 Å². The molecule has 0 saturated heterocycles. The fourth-order valence-electron chi connectivity index (χ4n) is 3.68. The molecule has 26 heavy (non-hydrogen) atoms. The molecule has 0 spiro atoms. The van der Waals surface area contributed by atoms with Crippen molar-refractivity contribution in [2.45, 2.75) is 103 Å². The van der Waals surface area contributed by atoms with Gasteiger partial charge in [-0.25, -0.2) is 0 Å². The molecule has 1 aromatic rings. The maximum absolute atomic E-state index is 2.43. The van der Waals surface area contributed by atoms with Gasteiger partial charge >= 0.3 is 0 Å². The lowest BCUT2D eigenvalue weighted by atomic mass is 10.1. The quantitative estimate of drug-likeness (QED) is 0.354. The molecule has 0 aromatic heterocycles. The van der Waals surface area contributed by atoms with Crippen molar-refractivity contribution in [3.63, 3.8) is 0 Å². The van der Waals surface area contributed by atoms with E-state index >= 15 is 0 Å². The molecule has 4 heteroatoms. The van der Waals surface area contributed by atoms with Crippen LogP contribution in [0.25, 0.3) is 0 Å². The summed E-state index contributed by atoms with van der Waals surface area (Å²) in [6.45, 7) is 24.2. The Balaban J connectivity index is 0. The van der Waals surface area contributed by atoms with Crippen LogP contribution in [0.3, 0.4) is 0 Å². The van der Waals surface area contributed by atoms with E-state index in [0.29, 0.717) is 10.3 Å². The first kappa shape index (κ1) is 28.4. The SMILES string of the molecule is CC(C)P(Cc1ccccc1CP(C(C)(C)C)C(C)(C)C)C(C)C.[B].[B]. The Morgan fingerprint density at radius 2 is 1.04 bits per heavy atom. The van der Waals surface area contributed by atoms with Gasteiger partial charge in [0.2, 0.25) is 0 Å². The Bertz CT molecular complexity index is 492. The van der Waals surface area contributed by atoms with E-state index in [0.717, 1.165) is 11.3 Å². The number of hydrogen-bond donors (Lipinski definition) is 0. The topological polar surface area (TPSA) is 0 Å². The second kappa shape index (κ2) is 11.3. The van der Waals surface area contributed by atoms with Crippen LogP contribution in [-0.4, -0.2) is 38.5 Å². The van der Waals surface area contributed by atoms with E-state index in [-0.39, 0.29) is 32.7 Å². The number of hydrogen-bond acceptors (Lipinski definition) is 0. The lowest BCUT2D eigenvalue weighted by molar-refractivity contribution is 0.702. The Morgan fingerprint density at radius 3 is 1.35 bits per heavy atom. The van der Waals surface area contributed by atoms with Gasteiger partial charge in [0, 0.05) is 16.8 Å². The minimum atomic E-state index is -0.0837. The number of benzene rings is 1. The van der Waals surface area contributed by atoms with Gasteiger partial charge in [-0.15, -0.1) is 0 Å². The first-order chi connectivity index (χ1) is 10.8. The smallest absolute Gasteiger partial charge is 0 e. The fraction of sp³-hybridized carbons (Fsp3) is 0.727. The second-order valence-electron chi connectivity index (χ2n) is 9.56. The van der Waals surface area contributed by atoms with Gasteiger partial charge in [0.05, 0.1) is 0 Å². The molecule has 144 valence electrons. The molecule has 0 aliphatic carbocycles. The van der Waals surface area contributed by atoms with Gasteiger partial charge in [0.1, 0.15) is 0 Å². The molecule has 0 aliphatic heterocycles. The molecule has 1 rings (SSSR count). The van der Waals surface area contributed by atoms with Crippen molar-refractivity contribution in [3.05, 3.63) is 35.4 Å². The van der Waals surface area contributed by atoms with Gasteiger partial charge in [-0.1, -0.05) is 109 Å². The van der Waals surface area contributed by atoms with E-state index in [2.05, 4.69) is 93.5 Å². The summed E-state index contributed by atoms with van der Waals surface area (Å²) in [4.78, 5) is 0. The van der Waals surface area contributed by atoms with Crippen molar-refractivity contribution in [1.82, 2.24) is 0 Å². The van der Waals surface area contributed by atoms with E-state index in [1.807, 2.05) is 0 Å². The maximum Gasteiger partial charge on any atom is 0 e. The zero-order chi connectivity index (χ0) is 18.7. The molecular formula is C22H40B2P2. The lowest BCUT2D eigenvalue weighted by Crippen LogP contribution is -2.26. The van der Waals surface area contributed by atoms with Crippen LogP contribution in [0.2, 0.25) is 0 Å². The van der Waals surface area contributed by atoms with Crippen LogP contribution in [0.1, 0.15) is 80.4 Å². The monoisotopic (exact) mass is 388 g/mol. The summed E-state index contributed by atoms with van der Waals surface area (Å²) in [6, 6.07) is 9.28. The molecule has 0 N–H and O–H groups in total. The summed E-state index contributed by atoms with van der Waals surface area (Å²) in [7, 11) is -0.0288. The van der Waals surface area contributed by atoms with Gasteiger partial charge < -0.3 is 0 Å². The van der Waals surface area contributed by atoms with Crippen molar-refractivity contribution in [2.24, 2.45) is 0 Å². The fourth-order valence-corrected chi connectivity index (χ4v) is 9.91. The van der Waals surface area contributed by atoms with Gasteiger partial charge in [-0.3, -0.25) is 0 Å². The first-order valence-corrected chi connectivity index (χ1v) is 12.6. The van der Waals surface area contributed by atoms with Gasteiger partial charge in [0.15, 0.2) is 0 Å². The van der Waals surface area contributed by atoms with Crippen molar-refractivity contribution < 1.29 is 0 Å². The van der Waals surface area contributed by atoms with Crippen LogP contribution < -0.4 is 0 Å². The van der Waals surface area contributed by atoms with E-state index < -0.39 is 0 Å². The largest absolute Gasteiger partial charge is 0.0969 e. The molecule has 0 atom stereocenters. The van der Waals surface area contributed by atoms with Crippen LogP contribution in [-0.2, 0) is 12.3 Å². The molecule has 0 bridgehead atoms. The molecule has 0 fully saturated rings. The van der Waals surface area contributed by atoms with Crippen LogP contribution in [0.15, 0.2) is 24.3 Å². The molecule has 0 amide bonds. The van der Waals surface area contributed by atoms with Gasteiger partial charge in [-0.05, 0) is 45.1 Å². The highest BCUT2D eigenvalue weighted by Crippen LogP contribution is 2.61. The molecule has 6 radical (unpaired) electrons. The summed E-state index contributed by atoms with van der Waals surface area (Å²) < 4.78 is 0. The summed E-state index contributed by atoms with van der Waals surface area (Å²) in [6.07, 6.45) is 2.55. The zero-order valence-electron chi connectivity index (χ0n) is 18.9. The predicted molar refractivity (Wildman–Crippen MR) is 129 cm³/mol. The maximum atomic E-state index is 2.43. The van der Waals surface area contributed by atoms with Crippen molar-refractivity contribution in [3.8, 4) is 0 Å². The molecule has 0 heterocycles. The Labute approximate surface area is 171 Å². The zero-order valence-corrected chi connectivity index (χ0v) is 20.7. The van der Waals surface area contributed by atoms with Crippen molar-refractivity contribution in [1.29, 1.82) is 0 Å². The lowest BCUT2D eigenvalue weighted by Gasteiger charge is -2.42. The molecular weight excluding hydrogens is 348 g/mol. The molecule has 0 aliphatic rings. The van der Waals surface area contributed by atoms with Crippen LogP contribution >= 0.6 is 15.8 Å². The molecule has 1 aromatic carbocycles. The average Bonchev–Trinajstić information content (AvgIpc) is 2.39. The Kier molecular flexibility index (Phi) is 12.3. The highest BCUT2D eigenvalue weighted by Gasteiger charge is 2.34. The number of rotatable bonds is 6.